The Labute approximate surface area is 136 Å². The van der Waals surface area contributed by atoms with Crippen LogP contribution in [0, 0.1) is 23.7 Å². The van der Waals surface area contributed by atoms with Crippen LogP contribution in [-0.4, -0.2) is 41.6 Å². The van der Waals surface area contributed by atoms with Gasteiger partial charge in [-0.3, -0.25) is 9.59 Å². The Morgan fingerprint density at radius 1 is 1.39 bits per heavy atom. The number of benzene rings is 1. The summed E-state index contributed by atoms with van der Waals surface area (Å²) in [6.45, 7) is 4.65. The first kappa shape index (κ1) is 16.9. The van der Waals surface area contributed by atoms with Gasteiger partial charge in [0, 0.05) is 18.7 Å². The summed E-state index contributed by atoms with van der Waals surface area (Å²) in [6, 6.07) is 6.72. The maximum absolute atomic E-state index is 12.6. The van der Waals surface area contributed by atoms with E-state index >= 15 is 0 Å². The summed E-state index contributed by atoms with van der Waals surface area (Å²) in [5.74, 6) is 1.96. The lowest BCUT2D eigenvalue weighted by molar-refractivity contribution is -0.150. The van der Waals surface area contributed by atoms with E-state index in [0.29, 0.717) is 24.3 Å². The fraction of sp³-hybridized carbons (Fsp3) is 0.444. The predicted octanol–water partition coefficient (Wildman–Crippen LogP) is 2.27. The number of likely N-dealkylation sites (tertiary alicyclic amines) is 1. The van der Waals surface area contributed by atoms with Crippen LogP contribution < -0.4 is 4.74 Å². The second kappa shape index (κ2) is 6.74. The van der Waals surface area contributed by atoms with Crippen molar-refractivity contribution in [3.63, 3.8) is 0 Å². The number of carbonyl (C=O) groups is 2. The van der Waals surface area contributed by atoms with E-state index in [1.165, 1.54) is 0 Å². The van der Waals surface area contributed by atoms with E-state index in [2.05, 4.69) is 5.92 Å². The quantitative estimate of drug-likeness (QED) is 0.847. The van der Waals surface area contributed by atoms with Gasteiger partial charge in [-0.2, -0.15) is 0 Å². The Morgan fingerprint density at radius 2 is 2.04 bits per heavy atom. The molecule has 23 heavy (non-hydrogen) atoms. The van der Waals surface area contributed by atoms with Crippen LogP contribution in [0.25, 0.3) is 0 Å². The van der Waals surface area contributed by atoms with Gasteiger partial charge in [0.1, 0.15) is 12.4 Å². The number of carboxylic acid groups (broad SMARTS) is 1. The molecule has 1 saturated heterocycles. The topological polar surface area (TPSA) is 66.8 Å². The monoisotopic (exact) mass is 315 g/mol. The highest BCUT2D eigenvalue weighted by atomic mass is 16.5. The van der Waals surface area contributed by atoms with Crippen molar-refractivity contribution in [3.05, 3.63) is 29.8 Å². The molecule has 1 unspecified atom stereocenters. The number of ether oxygens (including phenoxy) is 1. The molecular weight excluding hydrogens is 294 g/mol. The van der Waals surface area contributed by atoms with Crippen LogP contribution in [0.4, 0.5) is 0 Å². The molecule has 1 fully saturated rings. The third-order valence-electron chi connectivity index (χ3n) is 4.54. The highest BCUT2D eigenvalue weighted by Crippen LogP contribution is 2.38. The maximum atomic E-state index is 12.6. The minimum absolute atomic E-state index is 0.0302. The third kappa shape index (κ3) is 3.31. The van der Waals surface area contributed by atoms with Gasteiger partial charge in [-0.1, -0.05) is 19.8 Å². The molecule has 1 aliphatic heterocycles. The van der Waals surface area contributed by atoms with E-state index in [4.69, 9.17) is 11.2 Å². The Morgan fingerprint density at radius 3 is 2.52 bits per heavy atom. The van der Waals surface area contributed by atoms with Gasteiger partial charge in [-0.15, -0.1) is 6.42 Å². The predicted molar refractivity (Wildman–Crippen MR) is 86.2 cm³/mol. The lowest BCUT2D eigenvalue weighted by Crippen LogP contribution is -2.40. The van der Waals surface area contributed by atoms with Crippen molar-refractivity contribution < 1.29 is 19.4 Å². The highest BCUT2D eigenvalue weighted by Gasteiger charge is 2.48. The lowest BCUT2D eigenvalue weighted by atomic mass is 9.76. The zero-order valence-electron chi connectivity index (χ0n) is 13.4. The Kier molecular flexibility index (Phi) is 4.95. The summed E-state index contributed by atoms with van der Waals surface area (Å²) in [5, 5.41) is 9.55. The fourth-order valence-corrected chi connectivity index (χ4v) is 2.90. The zero-order valence-corrected chi connectivity index (χ0v) is 13.4. The van der Waals surface area contributed by atoms with Gasteiger partial charge >= 0.3 is 5.97 Å². The first-order valence-electron chi connectivity index (χ1n) is 7.59. The summed E-state index contributed by atoms with van der Waals surface area (Å²) in [7, 11) is 0. The molecule has 1 N–H and O–H groups in total. The summed E-state index contributed by atoms with van der Waals surface area (Å²) < 4.78 is 5.27. The molecule has 0 bridgehead atoms. The zero-order chi connectivity index (χ0) is 17.0. The van der Waals surface area contributed by atoms with Crippen LogP contribution in [0.2, 0.25) is 0 Å². The minimum atomic E-state index is -0.856. The van der Waals surface area contributed by atoms with Gasteiger partial charge in [0.15, 0.2) is 0 Å². The van der Waals surface area contributed by atoms with E-state index in [1.807, 2.05) is 13.8 Å². The van der Waals surface area contributed by atoms with Crippen LogP contribution >= 0.6 is 0 Å². The number of hydrogen-bond donors (Lipinski definition) is 1. The molecule has 5 nitrogen and oxygen atoms in total. The van der Waals surface area contributed by atoms with Crippen LogP contribution in [0.3, 0.4) is 0 Å². The van der Waals surface area contributed by atoms with Crippen molar-refractivity contribution in [2.45, 2.75) is 20.3 Å². The van der Waals surface area contributed by atoms with Gasteiger partial charge in [-0.25, -0.2) is 0 Å². The Hall–Kier alpha value is -2.48. The van der Waals surface area contributed by atoms with Gasteiger partial charge in [0.2, 0.25) is 0 Å². The molecule has 1 aromatic carbocycles. The second-order valence-electron chi connectivity index (χ2n) is 6.11. The first-order chi connectivity index (χ1) is 10.9. The van der Waals surface area contributed by atoms with Crippen LogP contribution in [0.1, 0.15) is 30.6 Å². The standard InChI is InChI=1S/C18H21NO4/c1-4-11-23-15-7-5-14(6-8-15)16(20)19-10-9-18(12-19,13(2)3)17(21)22/h1,5-8,13H,9-12H2,2-3H3,(H,21,22). The molecule has 1 amide bonds. The molecule has 1 atom stereocenters. The Bertz CT molecular complexity index is 629. The number of terminal acetylenes is 1. The molecule has 1 aromatic rings. The number of amides is 1. The number of aliphatic carboxylic acids is 1. The van der Waals surface area contributed by atoms with Crippen molar-refractivity contribution in [2.24, 2.45) is 11.3 Å². The summed E-state index contributed by atoms with van der Waals surface area (Å²) in [4.78, 5) is 25.8. The van der Waals surface area contributed by atoms with Crippen molar-refractivity contribution >= 4 is 11.9 Å². The normalized spacial score (nSPS) is 20.3. The van der Waals surface area contributed by atoms with E-state index < -0.39 is 11.4 Å². The second-order valence-corrected chi connectivity index (χ2v) is 6.11. The van der Waals surface area contributed by atoms with Gasteiger partial charge in [-0.05, 0) is 36.6 Å². The van der Waals surface area contributed by atoms with E-state index in [-0.39, 0.29) is 25.0 Å². The molecule has 0 spiro atoms. The average Bonchev–Trinajstić information content (AvgIpc) is 2.99. The molecule has 5 heteroatoms. The number of carbonyl (C=O) groups excluding carboxylic acids is 1. The number of carboxylic acids is 1. The third-order valence-corrected chi connectivity index (χ3v) is 4.54. The molecule has 122 valence electrons. The minimum Gasteiger partial charge on any atom is -0.481 e. The summed E-state index contributed by atoms with van der Waals surface area (Å²) >= 11 is 0. The van der Waals surface area contributed by atoms with E-state index in [0.717, 1.165) is 0 Å². The molecule has 2 rings (SSSR count). The van der Waals surface area contributed by atoms with Crippen LogP contribution in [0.5, 0.6) is 5.75 Å². The fourth-order valence-electron chi connectivity index (χ4n) is 2.90. The number of nitrogens with zero attached hydrogens (tertiary/aromatic N) is 1. The average molecular weight is 315 g/mol. The molecule has 0 aliphatic carbocycles. The van der Waals surface area contributed by atoms with Crippen molar-refractivity contribution in [1.29, 1.82) is 0 Å². The largest absolute Gasteiger partial charge is 0.481 e. The molecule has 0 radical (unpaired) electrons. The van der Waals surface area contributed by atoms with Crippen molar-refractivity contribution in [2.75, 3.05) is 19.7 Å². The van der Waals surface area contributed by atoms with Crippen molar-refractivity contribution in [1.82, 2.24) is 4.90 Å². The highest BCUT2D eigenvalue weighted by molar-refractivity contribution is 5.95. The van der Waals surface area contributed by atoms with Gasteiger partial charge in [0.05, 0.1) is 5.41 Å². The molecular formula is C18H21NO4. The molecule has 0 aromatic heterocycles. The maximum Gasteiger partial charge on any atom is 0.311 e. The first-order valence-corrected chi connectivity index (χ1v) is 7.59. The number of rotatable bonds is 5. The lowest BCUT2D eigenvalue weighted by Gasteiger charge is -2.28. The molecule has 1 heterocycles. The smallest absolute Gasteiger partial charge is 0.311 e. The van der Waals surface area contributed by atoms with E-state index in [1.54, 1.807) is 29.2 Å². The molecule has 0 saturated carbocycles. The van der Waals surface area contributed by atoms with Crippen LogP contribution in [0.15, 0.2) is 24.3 Å². The SMILES string of the molecule is C#CCOc1ccc(C(=O)N2CCC(C(=O)O)(C(C)C)C2)cc1. The number of hydrogen-bond acceptors (Lipinski definition) is 3. The molecule has 1 aliphatic rings. The van der Waals surface area contributed by atoms with Crippen LogP contribution in [-0.2, 0) is 4.79 Å². The van der Waals surface area contributed by atoms with Gasteiger partial charge < -0.3 is 14.7 Å². The van der Waals surface area contributed by atoms with Gasteiger partial charge in [0.25, 0.3) is 5.91 Å². The summed E-state index contributed by atoms with van der Waals surface area (Å²) in [6.07, 6.45) is 5.61. The summed E-state index contributed by atoms with van der Waals surface area (Å²) in [5.41, 5.74) is -0.339. The van der Waals surface area contributed by atoms with E-state index in [9.17, 15) is 14.7 Å². The van der Waals surface area contributed by atoms with Crippen molar-refractivity contribution in [3.8, 4) is 18.1 Å². The Balaban J connectivity index is 2.10.